The van der Waals surface area contributed by atoms with Crippen LogP contribution in [0.15, 0.2) is 89.8 Å². The predicted molar refractivity (Wildman–Crippen MR) is 133 cm³/mol. The Morgan fingerprint density at radius 2 is 1.16 bits per heavy atom. The summed E-state index contributed by atoms with van der Waals surface area (Å²) in [6.45, 7) is 10.5. The van der Waals surface area contributed by atoms with Crippen LogP contribution in [0.4, 0.5) is 0 Å². The van der Waals surface area contributed by atoms with Gasteiger partial charge in [-0.25, -0.2) is 0 Å². The average molecular weight is 428 g/mol. The number of hydrogen-bond acceptors (Lipinski definition) is 3. The Bertz CT molecular complexity index is 1040. The van der Waals surface area contributed by atoms with E-state index in [2.05, 4.69) is 113 Å². The van der Waals surface area contributed by atoms with E-state index in [0.717, 1.165) is 21.5 Å². The predicted octanol–water partition coefficient (Wildman–Crippen LogP) is 7.29. The van der Waals surface area contributed by atoms with Crippen molar-refractivity contribution in [3.63, 3.8) is 0 Å². The highest BCUT2D eigenvalue weighted by molar-refractivity contribution is 8.08. The van der Waals surface area contributed by atoms with Crippen LogP contribution in [0.1, 0.15) is 44.4 Å². The highest BCUT2D eigenvalue weighted by atomic mass is 32.2. The summed E-state index contributed by atoms with van der Waals surface area (Å²) in [6, 6.07) is 29.6. The summed E-state index contributed by atoms with van der Waals surface area (Å²) in [5.41, 5.74) is 3.77. The van der Waals surface area contributed by atoms with Crippen molar-refractivity contribution in [2.24, 2.45) is 0 Å². The molecule has 1 aliphatic rings. The van der Waals surface area contributed by atoms with Gasteiger partial charge in [0, 0.05) is 15.3 Å². The quantitative estimate of drug-likeness (QED) is 0.242. The molecule has 0 aliphatic carbocycles. The summed E-state index contributed by atoms with van der Waals surface area (Å²) in [4.78, 5) is 2.34. The molecule has 0 N–H and O–H groups in total. The van der Waals surface area contributed by atoms with Crippen LogP contribution >= 0.6 is 11.8 Å². The first-order valence-electron chi connectivity index (χ1n) is 10.7. The van der Waals surface area contributed by atoms with Gasteiger partial charge in [-0.2, -0.15) is 0 Å². The van der Waals surface area contributed by atoms with Crippen LogP contribution in [0.5, 0.6) is 0 Å². The molecule has 4 rings (SSSR count). The Balaban J connectivity index is 1.91. The molecule has 1 fully saturated rings. The fourth-order valence-electron chi connectivity index (χ4n) is 3.54. The number of aryl methyl sites for hydroxylation is 1. The molecule has 0 saturated carbocycles. The Morgan fingerprint density at radius 3 is 1.68 bits per heavy atom. The van der Waals surface area contributed by atoms with Crippen molar-refractivity contribution in [1.82, 2.24) is 0 Å². The molecule has 0 amide bonds. The topological polar surface area (TPSA) is 18.5 Å². The summed E-state index contributed by atoms with van der Waals surface area (Å²) in [7, 11) is -0.458. The van der Waals surface area contributed by atoms with E-state index in [1.165, 1.54) is 10.5 Å². The van der Waals surface area contributed by atoms with Crippen LogP contribution in [-0.2, 0) is 9.31 Å². The van der Waals surface area contributed by atoms with Gasteiger partial charge in [0.2, 0.25) is 0 Å². The van der Waals surface area contributed by atoms with Crippen LogP contribution in [0, 0.1) is 6.92 Å². The monoisotopic (exact) mass is 428 g/mol. The van der Waals surface area contributed by atoms with Crippen molar-refractivity contribution < 1.29 is 9.31 Å². The van der Waals surface area contributed by atoms with E-state index in [4.69, 9.17) is 9.31 Å². The van der Waals surface area contributed by atoms with Crippen LogP contribution in [-0.4, -0.2) is 18.3 Å². The van der Waals surface area contributed by atoms with E-state index in [9.17, 15) is 0 Å². The molecule has 1 heterocycles. The van der Waals surface area contributed by atoms with Gasteiger partial charge >= 0.3 is 7.12 Å². The molecule has 1 aliphatic heterocycles. The van der Waals surface area contributed by atoms with E-state index in [0.29, 0.717) is 0 Å². The van der Waals surface area contributed by atoms with E-state index < -0.39 is 18.3 Å². The molecule has 2 nitrogen and oxygen atoms in total. The van der Waals surface area contributed by atoms with Crippen LogP contribution in [0.25, 0.3) is 10.4 Å². The number of thioether (sulfide) groups is 1. The van der Waals surface area contributed by atoms with Crippen molar-refractivity contribution >= 4 is 29.3 Å². The molecule has 31 heavy (non-hydrogen) atoms. The fourth-order valence-corrected chi connectivity index (χ4v) is 4.62. The van der Waals surface area contributed by atoms with Gasteiger partial charge in [-0.05, 0) is 57.9 Å². The lowest BCUT2D eigenvalue weighted by Crippen LogP contribution is -2.41. The smallest absolute Gasteiger partial charge is 0.399 e. The molecule has 158 valence electrons. The molecule has 0 atom stereocenters. The zero-order chi connectivity index (χ0) is 22.1. The van der Waals surface area contributed by atoms with Crippen LogP contribution in [0.2, 0.25) is 0 Å². The molecule has 1 saturated heterocycles. The second-order valence-electron chi connectivity index (χ2n) is 8.98. The zero-order valence-electron chi connectivity index (χ0n) is 18.9. The van der Waals surface area contributed by atoms with E-state index in [-0.39, 0.29) is 0 Å². The molecular weight excluding hydrogens is 399 g/mol. The lowest BCUT2D eigenvalue weighted by molar-refractivity contribution is 0.00578. The minimum Gasteiger partial charge on any atom is -0.399 e. The zero-order valence-corrected chi connectivity index (χ0v) is 19.7. The summed E-state index contributed by atoms with van der Waals surface area (Å²) in [5.74, 6) is 0. The second-order valence-corrected chi connectivity index (χ2v) is 10.1. The summed E-state index contributed by atoms with van der Waals surface area (Å²) in [5, 5.41) is 0. The van der Waals surface area contributed by atoms with Crippen LogP contribution in [0.3, 0.4) is 0 Å². The Kier molecular flexibility index (Phi) is 6.16. The van der Waals surface area contributed by atoms with Crippen LogP contribution < -0.4 is 0 Å². The summed E-state index contributed by atoms with van der Waals surface area (Å²) in [6.07, 6.45) is 0. The largest absolute Gasteiger partial charge is 0.496 e. The van der Waals surface area contributed by atoms with Crippen molar-refractivity contribution in [3.8, 4) is 0 Å². The third-order valence-corrected chi connectivity index (χ3v) is 7.26. The number of hydrogen-bond donors (Lipinski definition) is 0. The van der Waals surface area contributed by atoms with Gasteiger partial charge in [-0.15, -0.1) is 0 Å². The maximum absolute atomic E-state index is 6.55. The van der Waals surface area contributed by atoms with Crippen molar-refractivity contribution in [2.75, 3.05) is 0 Å². The molecule has 4 heteroatoms. The van der Waals surface area contributed by atoms with Gasteiger partial charge in [0.05, 0.1) is 11.2 Å². The highest BCUT2D eigenvalue weighted by Crippen LogP contribution is 2.46. The summed E-state index contributed by atoms with van der Waals surface area (Å²) < 4.78 is 13.1. The molecule has 0 bridgehead atoms. The maximum Gasteiger partial charge on any atom is 0.496 e. The number of rotatable bonds is 5. The lowest BCUT2D eigenvalue weighted by Gasteiger charge is -2.32. The first-order chi connectivity index (χ1) is 14.8. The summed E-state index contributed by atoms with van der Waals surface area (Å²) >= 11 is 1.76. The van der Waals surface area contributed by atoms with Gasteiger partial charge in [-0.3, -0.25) is 0 Å². The van der Waals surface area contributed by atoms with Crippen molar-refractivity contribution in [3.05, 3.63) is 102 Å². The molecule has 3 aromatic rings. The van der Waals surface area contributed by atoms with E-state index >= 15 is 0 Å². The first-order valence-corrected chi connectivity index (χ1v) is 11.5. The normalized spacial score (nSPS) is 18.0. The molecule has 3 aromatic carbocycles. The fraction of sp³-hybridized carbons (Fsp3) is 0.259. The van der Waals surface area contributed by atoms with Gasteiger partial charge < -0.3 is 9.31 Å². The van der Waals surface area contributed by atoms with Gasteiger partial charge in [-0.1, -0.05) is 90.1 Å². The van der Waals surface area contributed by atoms with Gasteiger partial charge in [0.1, 0.15) is 0 Å². The van der Waals surface area contributed by atoms with Gasteiger partial charge in [0.15, 0.2) is 0 Å². The minimum absolute atomic E-state index is 0.409. The molecular formula is C27H29BO2S. The van der Waals surface area contributed by atoms with Crippen molar-refractivity contribution in [2.45, 2.75) is 50.7 Å². The van der Waals surface area contributed by atoms with Crippen molar-refractivity contribution in [1.29, 1.82) is 0 Å². The highest BCUT2D eigenvalue weighted by Gasteiger charge is 2.53. The molecule has 0 aromatic heterocycles. The number of benzene rings is 3. The minimum atomic E-state index is -0.458. The molecule has 0 unspecified atom stereocenters. The third-order valence-electron chi connectivity index (χ3n) is 6.10. The third kappa shape index (κ3) is 4.67. The Labute approximate surface area is 190 Å². The standard InChI is InChI=1S/C27H29BO2S/c1-20-16-18-23(19-17-20)31-25(22-14-10-7-11-15-22)24(21-12-8-6-9-13-21)28-29-26(2,3)27(4,5)30-28/h6-19H,1-5H3/b25-24-. The average Bonchev–Trinajstić information content (AvgIpc) is 2.97. The Morgan fingerprint density at radius 1 is 0.677 bits per heavy atom. The second kappa shape index (κ2) is 8.70. The molecule has 0 radical (unpaired) electrons. The Hall–Kier alpha value is -2.27. The lowest BCUT2D eigenvalue weighted by atomic mass is 9.73. The SMILES string of the molecule is Cc1ccc(S/C(=C(\B2OC(C)(C)C(C)(C)O2)c2ccccc2)c2ccccc2)cc1. The van der Waals surface area contributed by atoms with Gasteiger partial charge in [0.25, 0.3) is 0 Å². The maximum atomic E-state index is 6.55. The van der Waals surface area contributed by atoms with E-state index in [1.807, 2.05) is 6.07 Å². The van der Waals surface area contributed by atoms with E-state index in [1.54, 1.807) is 11.8 Å². The molecule has 0 spiro atoms. The first kappa shape index (κ1) is 21.9.